The first kappa shape index (κ1) is 16.2. The molecule has 23 heavy (non-hydrogen) atoms. The molecule has 2 aromatic rings. The zero-order valence-electron chi connectivity index (χ0n) is 14.1. The Labute approximate surface area is 141 Å². The van der Waals surface area contributed by atoms with Gasteiger partial charge in [0, 0.05) is 18.5 Å². The molecule has 1 unspecified atom stereocenters. The van der Waals surface area contributed by atoms with E-state index < -0.39 is 0 Å². The van der Waals surface area contributed by atoms with Gasteiger partial charge in [-0.1, -0.05) is 13.8 Å². The normalized spacial score (nSPS) is 17.1. The summed E-state index contributed by atoms with van der Waals surface area (Å²) in [4.78, 5) is 25.4. The van der Waals surface area contributed by atoms with Gasteiger partial charge in [-0.05, 0) is 37.2 Å². The van der Waals surface area contributed by atoms with Crippen LogP contribution in [0.4, 0.5) is 5.82 Å². The largest absolute Gasteiger partial charge is 0.355 e. The van der Waals surface area contributed by atoms with Gasteiger partial charge in [-0.15, -0.1) is 11.3 Å². The van der Waals surface area contributed by atoms with Crippen LogP contribution in [0, 0.1) is 5.92 Å². The van der Waals surface area contributed by atoms with E-state index in [9.17, 15) is 4.79 Å². The van der Waals surface area contributed by atoms with Gasteiger partial charge in [0.15, 0.2) is 0 Å². The van der Waals surface area contributed by atoms with Crippen molar-refractivity contribution in [2.45, 2.75) is 39.5 Å². The van der Waals surface area contributed by atoms with Gasteiger partial charge >= 0.3 is 0 Å². The SMILES string of the molecule is CCCNC(=O)CN(C)c1ncnc2sc3c(c12)CCC(C)C3. The van der Waals surface area contributed by atoms with Gasteiger partial charge in [-0.3, -0.25) is 4.79 Å². The van der Waals surface area contributed by atoms with Crippen molar-refractivity contribution in [2.24, 2.45) is 5.92 Å². The number of carbonyl (C=O) groups excluding carboxylic acids is 1. The summed E-state index contributed by atoms with van der Waals surface area (Å²) < 4.78 is 0. The Morgan fingerprint density at radius 3 is 3.09 bits per heavy atom. The molecule has 0 saturated heterocycles. The van der Waals surface area contributed by atoms with Crippen LogP contribution < -0.4 is 10.2 Å². The summed E-state index contributed by atoms with van der Waals surface area (Å²) in [5.74, 6) is 1.66. The molecule has 1 atom stereocenters. The molecule has 2 aromatic heterocycles. The highest BCUT2D eigenvalue weighted by molar-refractivity contribution is 7.19. The van der Waals surface area contributed by atoms with E-state index in [0.29, 0.717) is 6.54 Å². The average Bonchev–Trinajstić information content (AvgIpc) is 2.89. The molecule has 5 nitrogen and oxygen atoms in total. The number of thiophene rings is 1. The van der Waals surface area contributed by atoms with Crippen molar-refractivity contribution in [1.29, 1.82) is 0 Å². The summed E-state index contributed by atoms with van der Waals surface area (Å²) in [6.07, 6.45) is 6.00. The van der Waals surface area contributed by atoms with Crippen LogP contribution in [0.3, 0.4) is 0 Å². The highest BCUT2D eigenvalue weighted by atomic mass is 32.1. The van der Waals surface area contributed by atoms with Crippen LogP contribution in [0.1, 0.15) is 37.1 Å². The number of nitrogens with one attached hydrogen (secondary N) is 1. The van der Waals surface area contributed by atoms with E-state index in [1.165, 1.54) is 16.9 Å². The third kappa shape index (κ3) is 3.32. The maximum absolute atomic E-state index is 12.0. The standard InChI is InChI=1S/C17H24N4OS/c1-4-7-18-14(22)9-21(3)16-15-12-6-5-11(2)8-13(12)23-17(15)20-10-19-16/h10-11H,4-9H2,1-3H3,(H,18,22). The maximum atomic E-state index is 12.0. The molecule has 0 bridgehead atoms. The number of aryl methyl sites for hydroxylation is 1. The minimum absolute atomic E-state index is 0.0406. The van der Waals surface area contributed by atoms with E-state index in [1.807, 2.05) is 11.9 Å². The molecule has 0 fully saturated rings. The minimum atomic E-state index is 0.0406. The van der Waals surface area contributed by atoms with Gasteiger partial charge in [-0.2, -0.15) is 0 Å². The molecule has 1 aliphatic rings. The van der Waals surface area contributed by atoms with Gasteiger partial charge in [0.2, 0.25) is 5.91 Å². The molecule has 1 amide bonds. The van der Waals surface area contributed by atoms with E-state index in [-0.39, 0.29) is 5.91 Å². The van der Waals surface area contributed by atoms with Crippen molar-refractivity contribution in [2.75, 3.05) is 25.0 Å². The van der Waals surface area contributed by atoms with Crippen LogP contribution in [-0.2, 0) is 17.6 Å². The maximum Gasteiger partial charge on any atom is 0.239 e. The van der Waals surface area contributed by atoms with Gasteiger partial charge in [-0.25, -0.2) is 9.97 Å². The van der Waals surface area contributed by atoms with Crippen molar-refractivity contribution >= 4 is 33.3 Å². The first-order valence-corrected chi connectivity index (χ1v) is 9.14. The molecule has 1 N–H and O–H groups in total. The van der Waals surface area contributed by atoms with Crippen LogP contribution in [-0.4, -0.2) is 36.0 Å². The van der Waals surface area contributed by atoms with Gasteiger partial charge < -0.3 is 10.2 Å². The van der Waals surface area contributed by atoms with Gasteiger partial charge in [0.05, 0.1) is 11.9 Å². The lowest BCUT2D eigenvalue weighted by molar-refractivity contribution is -0.119. The first-order chi connectivity index (χ1) is 11.1. The van der Waals surface area contributed by atoms with E-state index in [1.54, 1.807) is 17.7 Å². The minimum Gasteiger partial charge on any atom is -0.355 e. The highest BCUT2D eigenvalue weighted by Gasteiger charge is 2.24. The van der Waals surface area contributed by atoms with Crippen molar-refractivity contribution in [3.8, 4) is 0 Å². The predicted molar refractivity (Wildman–Crippen MR) is 95.2 cm³/mol. The van der Waals surface area contributed by atoms with E-state index in [2.05, 4.69) is 29.1 Å². The summed E-state index contributed by atoms with van der Waals surface area (Å²) in [6, 6.07) is 0. The zero-order valence-corrected chi connectivity index (χ0v) is 14.9. The Balaban J connectivity index is 1.90. The Morgan fingerprint density at radius 2 is 2.30 bits per heavy atom. The van der Waals surface area contributed by atoms with Crippen LogP contribution in [0.2, 0.25) is 0 Å². The molecule has 3 rings (SSSR count). The number of aromatic nitrogens is 2. The number of anilines is 1. The number of hydrogen-bond acceptors (Lipinski definition) is 5. The van der Waals surface area contributed by atoms with Crippen molar-refractivity contribution in [1.82, 2.24) is 15.3 Å². The van der Waals surface area contributed by atoms with E-state index >= 15 is 0 Å². The topological polar surface area (TPSA) is 58.1 Å². The monoisotopic (exact) mass is 332 g/mol. The van der Waals surface area contributed by atoms with Crippen LogP contribution in [0.5, 0.6) is 0 Å². The summed E-state index contributed by atoms with van der Waals surface area (Å²) in [5.41, 5.74) is 1.40. The smallest absolute Gasteiger partial charge is 0.239 e. The third-order valence-corrected chi connectivity index (χ3v) is 5.55. The van der Waals surface area contributed by atoms with Crippen molar-refractivity contribution in [3.05, 3.63) is 16.8 Å². The van der Waals surface area contributed by atoms with Crippen LogP contribution in [0.15, 0.2) is 6.33 Å². The molecular weight excluding hydrogens is 308 g/mol. The number of hydrogen-bond donors (Lipinski definition) is 1. The molecule has 0 radical (unpaired) electrons. The quantitative estimate of drug-likeness (QED) is 0.915. The lowest BCUT2D eigenvalue weighted by Gasteiger charge is -2.21. The molecule has 2 heterocycles. The fraction of sp³-hybridized carbons (Fsp3) is 0.588. The number of nitrogens with zero attached hydrogens (tertiary/aromatic N) is 3. The fourth-order valence-corrected chi connectivity index (χ4v) is 4.50. The molecule has 124 valence electrons. The third-order valence-electron chi connectivity index (χ3n) is 4.39. The molecule has 6 heteroatoms. The Bertz CT molecular complexity index is 712. The van der Waals surface area contributed by atoms with E-state index in [4.69, 9.17) is 0 Å². The summed E-state index contributed by atoms with van der Waals surface area (Å²) in [5, 5.41) is 4.08. The summed E-state index contributed by atoms with van der Waals surface area (Å²) in [7, 11) is 1.93. The number of amides is 1. The van der Waals surface area contributed by atoms with Gasteiger partial charge in [0.25, 0.3) is 0 Å². The molecule has 0 aromatic carbocycles. The first-order valence-electron chi connectivity index (χ1n) is 8.33. The Kier molecular flexibility index (Phi) is 4.80. The number of likely N-dealkylation sites (N-methyl/N-ethyl adjacent to an activating group) is 1. The van der Waals surface area contributed by atoms with E-state index in [0.717, 1.165) is 47.8 Å². The van der Waals surface area contributed by atoms with Crippen molar-refractivity contribution < 1.29 is 4.79 Å². The molecule has 1 aliphatic carbocycles. The molecule has 0 spiro atoms. The Morgan fingerprint density at radius 1 is 1.48 bits per heavy atom. The molecule has 0 saturated carbocycles. The number of rotatable bonds is 5. The number of fused-ring (bicyclic) bond motifs is 3. The Hall–Kier alpha value is -1.69. The summed E-state index contributed by atoms with van der Waals surface area (Å²) in [6.45, 7) is 5.41. The van der Waals surface area contributed by atoms with Gasteiger partial charge in [0.1, 0.15) is 17.0 Å². The van der Waals surface area contributed by atoms with Crippen LogP contribution >= 0.6 is 11.3 Å². The molecular formula is C17H24N4OS. The lowest BCUT2D eigenvalue weighted by atomic mass is 9.89. The van der Waals surface area contributed by atoms with Crippen LogP contribution in [0.25, 0.3) is 10.2 Å². The fourth-order valence-electron chi connectivity index (χ4n) is 3.16. The zero-order chi connectivity index (χ0) is 16.4. The second-order valence-electron chi connectivity index (χ2n) is 6.44. The molecule has 0 aliphatic heterocycles. The number of carbonyl (C=O) groups is 1. The lowest BCUT2D eigenvalue weighted by Crippen LogP contribution is -2.36. The second-order valence-corrected chi connectivity index (χ2v) is 7.52. The van der Waals surface area contributed by atoms with Crippen molar-refractivity contribution in [3.63, 3.8) is 0 Å². The predicted octanol–water partition coefficient (Wildman–Crippen LogP) is 2.78. The second kappa shape index (κ2) is 6.83. The highest BCUT2D eigenvalue weighted by Crippen LogP contribution is 2.40. The average molecular weight is 332 g/mol. The summed E-state index contributed by atoms with van der Waals surface area (Å²) >= 11 is 1.79.